The van der Waals surface area contributed by atoms with E-state index in [1.165, 1.54) is 83.5 Å². The minimum Gasteiger partial charge on any atom is -0.379 e. The highest BCUT2D eigenvalue weighted by molar-refractivity contribution is 5.47. The Balaban J connectivity index is 1.50. The van der Waals surface area contributed by atoms with Gasteiger partial charge in [-0.1, -0.05) is 200 Å². The predicted molar refractivity (Wildman–Crippen MR) is 200 cm³/mol. The Bertz CT molecular complexity index is 1050. The van der Waals surface area contributed by atoms with E-state index in [-0.39, 0.29) is 6.10 Å². The van der Waals surface area contributed by atoms with E-state index in [1.54, 1.807) is 0 Å². The molecule has 0 aliphatic rings. The summed E-state index contributed by atoms with van der Waals surface area (Å²) >= 11 is 0. The van der Waals surface area contributed by atoms with Crippen molar-refractivity contribution in [3.05, 3.63) is 120 Å². The molecule has 0 heterocycles. The molecule has 0 bridgehead atoms. The molecule has 1 unspecified atom stereocenters. The lowest BCUT2D eigenvalue weighted by atomic mass is 9.80. The highest BCUT2D eigenvalue weighted by Gasteiger charge is 2.38. The molecule has 3 nitrogen and oxygen atoms in total. The summed E-state index contributed by atoms with van der Waals surface area (Å²) in [5, 5.41) is 0. The lowest BCUT2D eigenvalue weighted by Crippen LogP contribution is -2.37. The maximum Gasteiger partial charge on any atom is 0.143 e. The van der Waals surface area contributed by atoms with Gasteiger partial charge in [-0.2, -0.15) is 0 Å². The average molecular weight is 641 g/mol. The third-order valence-corrected chi connectivity index (χ3v) is 9.01. The van der Waals surface area contributed by atoms with E-state index in [9.17, 15) is 0 Å². The zero-order valence-electron chi connectivity index (χ0n) is 29.8. The molecule has 47 heavy (non-hydrogen) atoms. The summed E-state index contributed by atoms with van der Waals surface area (Å²) in [6, 6.07) is 31.7. The molecule has 3 heteroatoms. The SMILES string of the molecule is CC/C=C/CCOC(COCCCCCCCCCCCCCCCC)COC(c1ccccc1)(c1ccccc1)c1ccccc1. The Morgan fingerprint density at radius 1 is 0.511 bits per heavy atom. The highest BCUT2D eigenvalue weighted by atomic mass is 16.6. The summed E-state index contributed by atoms with van der Waals surface area (Å²) in [5.41, 5.74) is 2.54. The Kier molecular flexibility index (Phi) is 20.9. The van der Waals surface area contributed by atoms with Crippen molar-refractivity contribution in [1.29, 1.82) is 0 Å². The molecule has 0 saturated carbocycles. The van der Waals surface area contributed by atoms with Gasteiger partial charge < -0.3 is 14.2 Å². The van der Waals surface area contributed by atoms with Crippen LogP contribution in [0.4, 0.5) is 0 Å². The zero-order valence-corrected chi connectivity index (χ0v) is 29.8. The number of rotatable bonds is 28. The molecule has 0 fully saturated rings. The Morgan fingerprint density at radius 3 is 1.40 bits per heavy atom. The second-order valence-corrected chi connectivity index (χ2v) is 12.9. The van der Waals surface area contributed by atoms with Crippen LogP contribution in [0.1, 0.15) is 133 Å². The van der Waals surface area contributed by atoms with E-state index in [0.29, 0.717) is 19.8 Å². The van der Waals surface area contributed by atoms with Crippen LogP contribution < -0.4 is 0 Å². The second kappa shape index (κ2) is 25.3. The van der Waals surface area contributed by atoms with Crippen molar-refractivity contribution in [2.24, 2.45) is 0 Å². The first-order chi connectivity index (χ1) is 23.3. The average Bonchev–Trinajstić information content (AvgIpc) is 3.12. The molecule has 0 saturated heterocycles. The smallest absolute Gasteiger partial charge is 0.143 e. The highest BCUT2D eigenvalue weighted by Crippen LogP contribution is 2.40. The topological polar surface area (TPSA) is 27.7 Å². The molecule has 3 rings (SSSR count). The summed E-state index contributed by atoms with van der Waals surface area (Å²) < 4.78 is 19.7. The summed E-state index contributed by atoms with van der Waals surface area (Å²) in [5.74, 6) is 0. The van der Waals surface area contributed by atoms with Gasteiger partial charge in [0.25, 0.3) is 0 Å². The van der Waals surface area contributed by atoms with Crippen molar-refractivity contribution in [2.45, 2.75) is 128 Å². The molecule has 0 amide bonds. The van der Waals surface area contributed by atoms with Crippen LogP contribution in [0.3, 0.4) is 0 Å². The van der Waals surface area contributed by atoms with Crippen LogP contribution in [-0.4, -0.2) is 32.5 Å². The van der Waals surface area contributed by atoms with Gasteiger partial charge in [0.2, 0.25) is 0 Å². The summed E-state index contributed by atoms with van der Waals surface area (Å²) in [6.07, 6.45) is 25.3. The molecule has 258 valence electrons. The van der Waals surface area contributed by atoms with Crippen LogP contribution in [0.5, 0.6) is 0 Å². The van der Waals surface area contributed by atoms with Crippen molar-refractivity contribution < 1.29 is 14.2 Å². The monoisotopic (exact) mass is 640 g/mol. The van der Waals surface area contributed by atoms with Crippen molar-refractivity contribution in [1.82, 2.24) is 0 Å². The fourth-order valence-electron chi connectivity index (χ4n) is 6.33. The molecule has 0 aliphatic carbocycles. The van der Waals surface area contributed by atoms with E-state index in [4.69, 9.17) is 14.2 Å². The van der Waals surface area contributed by atoms with Crippen LogP contribution in [-0.2, 0) is 19.8 Å². The third kappa shape index (κ3) is 14.9. The van der Waals surface area contributed by atoms with Crippen LogP contribution in [0, 0.1) is 0 Å². The van der Waals surface area contributed by atoms with Crippen molar-refractivity contribution in [3.63, 3.8) is 0 Å². The van der Waals surface area contributed by atoms with Crippen molar-refractivity contribution in [3.8, 4) is 0 Å². The number of ether oxygens (including phenoxy) is 3. The fraction of sp³-hybridized carbons (Fsp3) is 0.545. The van der Waals surface area contributed by atoms with E-state index >= 15 is 0 Å². The molecule has 0 N–H and O–H groups in total. The van der Waals surface area contributed by atoms with Crippen LogP contribution in [0.25, 0.3) is 0 Å². The number of hydrogen-bond donors (Lipinski definition) is 0. The summed E-state index contributed by atoms with van der Waals surface area (Å²) in [4.78, 5) is 0. The van der Waals surface area contributed by atoms with Crippen molar-refractivity contribution in [2.75, 3.05) is 26.4 Å². The van der Waals surface area contributed by atoms with Gasteiger partial charge in [0, 0.05) is 6.61 Å². The van der Waals surface area contributed by atoms with Gasteiger partial charge >= 0.3 is 0 Å². The largest absolute Gasteiger partial charge is 0.379 e. The summed E-state index contributed by atoms with van der Waals surface area (Å²) in [7, 11) is 0. The van der Waals surface area contributed by atoms with Crippen LogP contribution in [0.2, 0.25) is 0 Å². The van der Waals surface area contributed by atoms with Crippen LogP contribution >= 0.6 is 0 Å². The molecule has 1 atom stereocenters. The van der Waals surface area contributed by atoms with Crippen LogP contribution in [0.15, 0.2) is 103 Å². The quantitative estimate of drug-likeness (QED) is 0.0449. The number of hydrogen-bond acceptors (Lipinski definition) is 3. The first-order valence-electron chi connectivity index (χ1n) is 19.0. The Labute approximate surface area is 288 Å². The Hall–Kier alpha value is -2.72. The minimum atomic E-state index is -0.762. The molecule has 0 radical (unpaired) electrons. The maximum atomic E-state index is 7.08. The van der Waals surface area contributed by atoms with Gasteiger partial charge in [-0.3, -0.25) is 0 Å². The molecule has 0 aliphatic heterocycles. The molecule has 3 aromatic carbocycles. The van der Waals surface area contributed by atoms with Gasteiger partial charge in [0.1, 0.15) is 11.7 Å². The van der Waals surface area contributed by atoms with Gasteiger partial charge in [-0.25, -0.2) is 0 Å². The maximum absolute atomic E-state index is 7.08. The first kappa shape index (κ1) is 38.7. The second-order valence-electron chi connectivity index (χ2n) is 12.9. The van der Waals surface area contributed by atoms with Gasteiger partial charge in [0.15, 0.2) is 0 Å². The van der Waals surface area contributed by atoms with E-state index in [1.807, 2.05) is 0 Å². The molecule has 0 spiro atoms. The molecular formula is C44H64O3. The summed E-state index contributed by atoms with van der Waals surface area (Å²) in [6.45, 7) is 6.84. The van der Waals surface area contributed by atoms with Gasteiger partial charge in [0.05, 0.1) is 19.8 Å². The molecule has 0 aromatic heterocycles. The van der Waals surface area contributed by atoms with Crippen molar-refractivity contribution >= 4 is 0 Å². The first-order valence-corrected chi connectivity index (χ1v) is 19.0. The van der Waals surface area contributed by atoms with E-state index in [0.717, 1.165) is 42.6 Å². The van der Waals surface area contributed by atoms with Gasteiger partial charge in [-0.05, 0) is 36.0 Å². The number of unbranched alkanes of at least 4 members (excludes halogenated alkanes) is 13. The third-order valence-electron chi connectivity index (χ3n) is 9.01. The Morgan fingerprint density at radius 2 is 0.957 bits per heavy atom. The lowest BCUT2D eigenvalue weighted by Gasteiger charge is -2.37. The standard InChI is InChI=1S/C44H64O3/c1-3-5-7-9-10-11-12-13-14-15-16-17-18-28-36-45-38-43(46-37-29-8-6-4-2)39-47-44(40-30-22-19-23-31-40,41-32-24-20-25-33-41)42-34-26-21-27-35-42/h6,8,19-27,30-35,43H,3-5,7,9-18,28-29,36-39H2,1-2H3/b8-6+. The molecular weight excluding hydrogens is 576 g/mol. The predicted octanol–water partition coefficient (Wildman–Crippen LogP) is 12.2. The number of allylic oxidation sites excluding steroid dienone is 1. The molecule has 3 aromatic rings. The van der Waals surface area contributed by atoms with Gasteiger partial charge in [-0.15, -0.1) is 0 Å². The lowest BCUT2D eigenvalue weighted by molar-refractivity contribution is -0.0909. The van der Waals surface area contributed by atoms with E-state index in [2.05, 4.69) is 117 Å². The zero-order chi connectivity index (χ0) is 33.1. The normalized spacial score (nSPS) is 12.6. The minimum absolute atomic E-state index is 0.160. The number of benzene rings is 3. The fourth-order valence-corrected chi connectivity index (χ4v) is 6.33. The van der Waals surface area contributed by atoms with E-state index < -0.39 is 5.60 Å².